The van der Waals surface area contributed by atoms with E-state index in [0.29, 0.717) is 0 Å². The van der Waals surface area contributed by atoms with Gasteiger partial charge in [0.1, 0.15) is 5.65 Å². The van der Waals surface area contributed by atoms with Gasteiger partial charge in [-0.15, -0.1) is 0 Å². The summed E-state index contributed by atoms with van der Waals surface area (Å²) in [6, 6.07) is 2.15. The van der Waals surface area contributed by atoms with Crippen molar-refractivity contribution in [2.24, 2.45) is 0 Å². The molecule has 2 aromatic heterocycles. The summed E-state index contributed by atoms with van der Waals surface area (Å²) in [5.74, 6) is -0.0393. The molecule has 0 spiro atoms. The fourth-order valence-corrected chi connectivity index (χ4v) is 4.33. The van der Waals surface area contributed by atoms with Crippen LogP contribution in [0.2, 0.25) is 0 Å². The number of nitrogens with one attached hydrogen (secondary N) is 1. The third kappa shape index (κ3) is 3.75. The minimum absolute atomic E-state index is 0.0393. The molecule has 0 bridgehead atoms. The standard InChI is InChI=1S/C25H27N5O/c1-3-19-13-21(16-29-15-18(2)27-25(19)29)20-5-4-6-22-7-8-23(17-30(22)24(31)14-20)28-11-9-26-10-12-28/h4-8,13-17,26H,3,9-12H2,1-2H3/b5-4?,20-14?,22-6+. The summed E-state index contributed by atoms with van der Waals surface area (Å²) in [6.45, 7) is 7.96. The van der Waals surface area contributed by atoms with Gasteiger partial charge in [0.05, 0.1) is 11.4 Å². The van der Waals surface area contributed by atoms with E-state index in [-0.39, 0.29) is 5.91 Å². The van der Waals surface area contributed by atoms with Crippen LogP contribution in [0.5, 0.6) is 0 Å². The number of nitrogens with zero attached hydrogens (tertiary/aromatic N) is 4. The van der Waals surface area contributed by atoms with Gasteiger partial charge in [0.25, 0.3) is 5.91 Å². The van der Waals surface area contributed by atoms with Crippen molar-refractivity contribution in [3.05, 3.63) is 89.3 Å². The number of rotatable bonds is 3. The van der Waals surface area contributed by atoms with Crippen LogP contribution >= 0.6 is 0 Å². The lowest BCUT2D eigenvalue weighted by molar-refractivity contribution is -0.122. The molecule has 1 fully saturated rings. The van der Waals surface area contributed by atoms with Gasteiger partial charge in [-0.1, -0.05) is 19.1 Å². The lowest BCUT2D eigenvalue weighted by Crippen LogP contribution is -2.43. The monoisotopic (exact) mass is 413 g/mol. The first-order valence-electron chi connectivity index (χ1n) is 10.9. The number of pyridine rings is 1. The normalized spacial score (nSPS) is 20.7. The Kier molecular flexibility index (Phi) is 5.08. The molecule has 1 saturated heterocycles. The maximum Gasteiger partial charge on any atom is 0.255 e. The van der Waals surface area contributed by atoms with Crippen LogP contribution in [0.1, 0.15) is 23.7 Å². The van der Waals surface area contributed by atoms with E-state index in [4.69, 9.17) is 0 Å². The molecule has 0 aromatic carbocycles. The lowest BCUT2D eigenvalue weighted by atomic mass is 10.0. The van der Waals surface area contributed by atoms with E-state index >= 15 is 0 Å². The van der Waals surface area contributed by atoms with Crippen LogP contribution in [0.4, 0.5) is 0 Å². The molecule has 158 valence electrons. The van der Waals surface area contributed by atoms with Crippen LogP contribution in [0.15, 0.2) is 72.5 Å². The van der Waals surface area contributed by atoms with Crippen molar-refractivity contribution in [1.82, 2.24) is 24.5 Å². The van der Waals surface area contributed by atoms with Gasteiger partial charge in [0.15, 0.2) is 0 Å². The average Bonchev–Trinajstić information content (AvgIpc) is 3.17. The highest BCUT2D eigenvalue weighted by Gasteiger charge is 2.21. The summed E-state index contributed by atoms with van der Waals surface area (Å²) in [5.41, 5.74) is 7.02. The third-order valence-electron chi connectivity index (χ3n) is 5.97. The zero-order chi connectivity index (χ0) is 21.4. The van der Waals surface area contributed by atoms with E-state index in [0.717, 1.165) is 66.5 Å². The molecular weight excluding hydrogens is 386 g/mol. The molecular formula is C25H27N5O. The van der Waals surface area contributed by atoms with E-state index in [1.54, 1.807) is 11.0 Å². The Balaban J connectivity index is 1.52. The van der Waals surface area contributed by atoms with Crippen molar-refractivity contribution >= 4 is 17.1 Å². The first-order chi connectivity index (χ1) is 15.1. The number of allylic oxidation sites excluding steroid dienone is 6. The quantitative estimate of drug-likeness (QED) is 0.840. The number of fused-ring (bicyclic) bond motifs is 2. The summed E-state index contributed by atoms with van der Waals surface area (Å²) in [6.07, 6.45) is 18.8. The average molecular weight is 414 g/mol. The Morgan fingerprint density at radius 1 is 1.10 bits per heavy atom. The molecule has 31 heavy (non-hydrogen) atoms. The van der Waals surface area contributed by atoms with Crippen LogP contribution < -0.4 is 5.32 Å². The van der Waals surface area contributed by atoms with Gasteiger partial charge in [0, 0.05) is 56.5 Å². The van der Waals surface area contributed by atoms with Gasteiger partial charge in [0.2, 0.25) is 0 Å². The number of hydrogen-bond donors (Lipinski definition) is 1. The Bertz CT molecular complexity index is 1190. The van der Waals surface area contributed by atoms with Crippen molar-refractivity contribution in [1.29, 1.82) is 0 Å². The van der Waals surface area contributed by atoms with Gasteiger partial charge < -0.3 is 14.6 Å². The second-order valence-electron chi connectivity index (χ2n) is 8.10. The Morgan fingerprint density at radius 3 is 2.71 bits per heavy atom. The largest absolute Gasteiger partial charge is 0.368 e. The zero-order valence-electron chi connectivity index (χ0n) is 18.0. The van der Waals surface area contributed by atoms with Crippen LogP contribution in [0.3, 0.4) is 0 Å². The highest BCUT2D eigenvalue weighted by molar-refractivity contribution is 6.00. The molecule has 0 saturated carbocycles. The minimum atomic E-state index is -0.0393. The Hall–Kier alpha value is -3.38. The second-order valence-corrected chi connectivity index (χ2v) is 8.10. The van der Waals surface area contributed by atoms with Crippen LogP contribution in [-0.4, -0.2) is 51.3 Å². The lowest BCUT2D eigenvalue weighted by Gasteiger charge is -2.33. The number of carbonyl (C=O) groups is 1. The zero-order valence-corrected chi connectivity index (χ0v) is 18.0. The maximum absolute atomic E-state index is 13.3. The van der Waals surface area contributed by atoms with Gasteiger partial charge in [-0.3, -0.25) is 9.69 Å². The van der Waals surface area contributed by atoms with Gasteiger partial charge >= 0.3 is 0 Å². The van der Waals surface area contributed by atoms with E-state index in [9.17, 15) is 4.79 Å². The first-order valence-corrected chi connectivity index (χ1v) is 10.9. The predicted octanol–water partition coefficient (Wildman–Crippen LogP) is 3.19. The Morgan fingerprint density at radius 2 is 1.90 bits per heavy atom. The number of amides is 1. The van der Waals surface area contributed by atoms with Crippen molar-refractivity contribution < 1.29 is 4.79 Å². The van der Waals surface area contributed by atoms with E-state index in [1.165, 1.54) is 5.56 Å². The predicted molar refractivity (Wildman–Crippen MR) is 123 cm³/mol. The van der Waals surface area contributed by atoms with Crippen LogP contribution in [0, 0.1) is 6.92 Å². The summed E-state index contributed by atoms with van der Waals surface area (Å²) in [5, 5.41) is 3.37. The molecule has 6 nitrogen and oxygen atoms in total. The summed E-state index contributed by atoms with van der Waals surface area (Å²) >= 11 is 0. The van der Waals surface area contributed by atoms with E-state index < -0.39 is 0 Å². The number of piperazine rings is 1. The fourth-order valence-electron chi connectivity index (χ4n) is 4.33. The number of aryl methyl sites for hydroxylation is 2. The van der Waals surface area contributed by atoms with Crippen molar-refractivity contribution in [2.45, 2.75) is 20.3 Å². The number of aromatic nitrogens is 2. The molecule has 5 heterocycles. The third-order valence-corrected chi connectivity index (χ3v) is 5.97. The summed E-state index contributed by atoms with van der Waals surface area (Å²) in [7, 11) is 0. The van der Waals surface area contributed by atoms with Crippen molar-refractivity contribution in [3.63, 3.8) is 0 Å². The smallest absolute Gasteiger partial charge is 0.255 e. The van der Waals surface area contributed by atoms with Gasteiger partial charge in [-0.05, 0) is 54.3 Å². The summed E-state index contributed by atoms with van der Waals surface area (Å²) < 4.78 is 2.06. The molecule has 5 rings (SSSR count). The molecule has 0 aliphatic carbocycles. The fraction of sp³-hybridized carbons (Fsp3) is 0.280. The topological polar surface area (TPSA) is 52.9 Å². The number of imidazole rings is 1. The molecule has 1 N–H and O–H groups in total. The molecule has 6 heteroatoms. The SMILES string of the molecule is CCc1cc(C2=CC(=O)N3C=C(N4CCNCC4)C=C/C3=C\C=C2)cn2cc(C)nc12. The molecule has 0 radical (unpaired) electrons. The van der Waals surface area contributed by atoms with E-state index in [2.05, 4.69) is 44.9 Å². The van der Waals surface area contributed by atoms with Crippen LogP contribution in [0.25, 0.3) is 11.2 Å². The van der Waals surface area contributed by atoms with Gasteiger partial charge in [-0.2, -0.15) is 0 Å². The molecule has 1 amide bonds. The molecule has 3 aliphatic heterocycles. The van der Waals surface area contributed by atoms with Gasteiger partial charge in [-0.25, -0.2) is 4.98 Å². The molecule has 3 aliphatic rings. The highest BCUT2D eigenvalue weighted by atomic mass is 16.2. The van der Waals surface area contributed by atoms with Crippen LogP contribution in [-0.2, 0) is 11.2 Å². The highest BCUT2D eigenvalue weighted by Crippen LogP contribution is 2.26. The Labute approximate surface area is 182 Å². The molecule has 0 atom stereocenters. The second kappa shape index (κ2) is 8.04. The molecule has 0 unspecified atom stereocenters. The van der Waals surface area contributed by atoms with Crippen molar-refractivity contribution in [2.75, 3.05) is 26.2 Å². The number of hydrogen-bond acceptors (Lipinski definition) is 4. The maximum atomic E-state index is 13.3. The number of carbonyl (C=O) groups excluding carboxylic acids is 1. The first kappa shape index (κ1) is 19.6. The minimum Gasteiger partial charge on any atom is -0.368 e. The van der Waals surface area contributed by atoms with Crippen molar-refractivity contribution in [3.8, 4) is 0 Å². The molecule has 2 aromatic rings. The summed E-state index contributed by atoms with van der Waals surface area (Å²) in [4.78, 5) is 22.0. The van der Waals surface area contributed by atoms with E-state index in [1.807, 2.05) is 43.6 Å².